The summed E-state index contributed by atoms with van der Waals surface area (Å²) in [6.07, 6.45) is 7.72. The third-order valence-corrected chi connectivity index (χ3v) is 5.08. The van der Waals surface area contributed by atoms with E-state index < -0.39 is 0 Å². The fourth-order valence-electron chi connectivity index (χ4n) is 3.99. The number of hydrogen-bond acceptors (Lipinski definition) is 5. The molecular weight excluding hydrogens is 292 g/mol. The summed E-state index contributed by atoms with van der Waals surface area (Å²) >= 11 is 0. The Morgan fingerprint density at radius 1 is 1.22 bits per heavy atom. The summed E-state index contributed by atoms with van der Waals surface area (Å²) in [7, 11) is 1.81. The predicted molar refractivity (Wildman–Crippen MR) is 88.1 cm³/mol. The summed E-state index contributed by atoms with van der Waals surface area (Å²) in [5, 5.41) is 8.69. The maximum absolute atomic E-state index is 5.82. The lowest BCUT2D eigenvalue weighted by molar-refractivity contribution is -0.0554. The number of methoxy groups -OCH3 is 1. The Labute approximate surface area is 139 Å². The van der Waals surface area contributed by atoms with Crippen LogP contribution in [0.15, 0.2) is 6.20 Å². The van der Waals surface area contributed by atoms with Crippen molar-refractivity contribution in [1.29, 1.82) is 0 Å². The Bertz CT molecular complexity index is 475. The van der Waals surface area contributed by atoms with Crippen molar-refractivity contribution >= 4 is 0 Å². The van der Waals surface area contributed by atoms with Gasteiger partial charge in [0.15, 0.2) is 0 Å². The minimum absolute atomic E-state index is 0.355. The molecule has 6 heteroatoms. The average molecular weight is 322 g/mol. The zero-order valence-electron chi connectivity index (χ0n) is 14.6. The fraction of sp³-hybridized carbons (Fsp3) is 0.882. The molecule has 0 aromatic carbocycles. The van der Waals surface area contributed by atoms with Gasteiger partial charge in [0, 0.05) is 39.5 Å². The minimum atomic E-state index is 0.355. The number of nitrogens with zero attached hydrogens (tertiary/aromatic N) is 4. The summed E-state index contributed by atoms with van der Waals surface area (Å²) in [5.41, 5.74) is 1.08. The van der Waals surface area contributed by atoms with Gasteiger partial charge in [-0.05, 0) is 45.4 Å². The molecule has 3 rings (SSSR count). The molecule has 2 fully saturated rings. The number of hydrogen-bond donors (Lipinski definition) is 0. The third kappa shape index (κ3) is 4.75. The molecule has 2 aliphatic heterocycles. The van der Waals surface area contributed by atoms with Crippen LogP contribution in [0.2, 0.25) is 0 Å². The highest BCUT2D eigenvalue weighted by atomic mass is 16.5. The van der Waals surface area contributed by atoms with Crippen molar-refractivity contribution in [2.45, 2.75) is 70.9 Å². The van der Waals surface area contributed by atoms with E-state index >= 15 is 0 Å². The van der Waals surface area contributed by atoms with Gasteiger partial charge in [0.05, 0.1) is 24.0 Å². The molecule has 0 bridgehead atoms. The summed E-state index contributed by atoms with van der Waals surface area (Å²) in [5.74, 6) is 0.640. The van der Waals surface area contributed by atoms with Crippen molar-refractivity contribution in [3.05, 3.63) is 11.9 Å². The van der Waals surface area contributed by atoms with E-state index in [9.17, 15) is 0 Å². The second-order valence-corrected chi connectivity index (χ2v) is 7.24. The van der Waals surface area contributed by atoms with Crippen molar-refractivity contribution in [1.82, 2.24) is 19.9 Å². The van der Waals surface area contributed by atoms with Gasteiger partial charge in [-0.2, -0.15) is 0 Å². The van der Waals surface area contributed by atoms with Gasteiger partial charge >= 0.3 is 0 Å². The first kappa shape index (κ1) is 16.9. The van der Waals surface area contributed by atoms with Crippen LogP contribution in [0.1, 0.15) is 45.2 Å². The van der Waals surface area contributed by atoms with Crippen molar-refractivity contribution < 1.29 is 9.47 Å². The van der Waals surface area contributed by atoms with E-state index in [1.54, 1.807) is 0 Å². The first-order chi connectivity index (χ1) is 11.1. The van der Waals surface area contributed by atoms with Crippen molar-refractivity contribution in [3.8, 4) is 0 Å². The largest absolute Gasteiger partial charge is 0.381 e. The molecular formula is C17H30N4O2. The summed E-state index contributed by atoms with van der Waals surface area (Å²) < 4.78 is 13.3. The molecule has 3 heterocycles. The van der Waals surface area contributed by atoms with Crippen LogP contribution < -0.4 is 0 Å². The minimum Gasteiger partial charge on any atom is -0.381 e. The van der Waals surface area contributed by atoms with E-state index in [-0.39, 0.29) is 0 Å². The highest BCUT2D eigenvalue weighted by Crippen LogP contribution is 2.25. The Morgan fingerprint density at radius 2 is 1.91 bits per heavy atom. The van der Waals surface area contributed by atoms with Gasteiger partial charge in [-0.1, -0.05) is 5.21 Å². The summed E-state index contributed by atoms with van der Waals surface area (Å²) in [6.45, 7) is 8.35. The van der Waals surface area contributed by atoms with Crippen LogP contribution in [0.5, 0.6) is 0 Å². The van der Waals surface area contributed by atoms with Crippen molar-refractivity contribution in [2.75, 3.05) is 20.2 Å². The SMILES string of the molecule is COC1CCN(Cc2cn(CC3C[C@@H](C)O[C@@H](C)C3)nn2)CC1. The number of aromatic nitrogens is 3. The molecule has 0 spiro atoms. The number of ether oxygens (including phenoxy) is 2. The van der Waals surface area contributed by atoms with E-state index in [1.807, 2.05) is 11.8 Å². The quantitative estimate of drug-likeness (QED) is 0.831. The molecule has 23 heavy (non-hydrogen) atoms. The van der Waals surface area contributed by atoms with Crippen LogP contribution >= 0.6 is 0 Å². The zero-order valence-corrected chi connectivity index (χ0v) is 14.6. The molecule has 2 aliphatic rings. The molecule has 1 aromatic rings. The number of piperidine rings is 1. The van der Waals surface area contributed by atoms with Crippen LogP contribution in [-0.4, -0.2) is 58.4 Å². The lowest BCUT2D eigenvalue weighted by Crippen LogP contribution is -2.36. The van der Waals surface area contributed by atoms with E-state index in [4.69, 9.17) is 9.47 Å². The van der Waals surface area contributed by atoms with Crippen LogP contribution in [0.3, 0.4) is 0 Å². The topological polar surface area (TPSA) is 52.4 Å². The van der Waals surface area contributed by atoms with Crippen molar-refractivity contribution in [2.24, 2.45) is 5.92 Å². The highest BCUT2D eigenvalue weighted by molar-refractivity contribution is 4.93. The van der Waals surface area contributed by atoms with Gasteiger partial charge in [-0.3, -0.25) is 9.58 Å². The molecule has 3 atom stereocenters. The fourth-order valence-corrected chi connectivity index (χ4v) is 3.99. The lowest BCUT2D eigenvalue weighted by Gasteiger charge is -2.31. The summed E-state index contributed by atoms with van der Waals surface area (Å²) in [6, 6.07) is 0. The lowest BCUT2D eigenvalue weighted by atomic mass is 9.93. The van der Waals surface area contributed by atoms with Gasteiger partial charge in [-0.25, -0.2) is 0 Å². The van der Waals surface area contributed by atoms with Gasteiger partial charge < -0.3 is 9.47 Å². The number of likely N-dealkylation sites (tertiary alicyclic amines) is 1. The third-order valence-electron chi connectivity index (χ3n) is 5.08. The average Bonchev–Trinajstić information content (AvgIpc) is 2.94. The van der Waals surface area contributed by atoms with Crippen molar-refractivity contribution in [3.63, 3.8) is 0 Å². The normalized spacial score (nSPS) is 30.7. The molecule has 0 N–H and O–H groups in total. The molecule has 2 saturated heterocycles. The monoisotopic (exact) mass is 322 g/mol. The molecule has 0 aliphatic carbocycles. The van der Waals surface area contributed by atoms with E-state index in [1.165, 1.54) is 0 Å². The first-order valence-electron chi connectivity index (χ1n) is 8.92. The zero-order chi connectivity index (χ0) is 16.2. The Balaban J connectivity index is 1.48. The second-order valence-electron chi connectivity index (χ2n) is 7.24. The molecule has 0 saturated carbocycles. The molecule has 1 aromatic heterocycles. The Hall–Kier alpha value is -0.980. The second kappa shape index (κ2) is 7.73. The van der Waals surface area contributed by atoms with Crippen LogP contribution in [0, 0.1) is 5.92 Å². The molecule has 0 amide bonds. The molecule has 1 unspecified atom stereocenters. The standard InChI is InChI=1S/C17H30N4O2/c1-13-8-15(9-14(2)23-13)10-21-12-16(18-19-21)11-20-6-4-17(22-3)5-7-20/h12-15,17H,4-11H2,1-3H3/t13-,14+,15?. The van der Waals surface area contributed by atoms with Crippen LogP contribution in [0.25, 0.3) is 0 Å². The Morgan fingerprint density at radius 3 is 2.57 bits per heavy atom. The number of rotatable bonds is 5. The summed E-state index contributed by atoms with van der Waals surface area (Å²) in [4.78, 5) is 2.45. The van der Waals surface area contributed by atoms with Gasteiger partial charge in [-0.15, -0.1) is 5.10 Å². The molecule has 130 valence electrons. The van der Waals surface area contributed by atoms with Gasteiger partial charge in [0.25, 0.3) is 0 Å². The molecule has 6 nitrogen and oxygen atoms in total. The van der Waals surface area contributed by atoms with E-state index in [2.05, 4.69) is 35.3 Å². The molecule has 0 radical (unpaired) electrons. The maximum Gasteiger partial charge on any atom is 0.0967 e. The van der Waals surface area contributed by atoms with Crippen LogP contribution in [-0.2, 0) is 22.6 Å². The van der Waals surface area contributed by atoms with Crippen LogP contribution in [0.4, 0.5) is 0 Å². The smallest absolute Gasteiger partial charge is 0.0967 e. The van der Waals surface area contributed by atoms with E-state index in [0.717, 1.165) is 57.6 Å². The maximum atomic E-state index is 5.82. The Kier molecular flexibility index (Phi) is 5.67. The highest BCUT2D eigenvalue weighted by Gasteiger charge is 2.25. The predicted octanol–water partition coefficient (Wildman–Crippen LogP) is 2.09. The van der Waals surface area contributed by atoms with Gasteiger partial charge in [0.2, 0.25) is 0 Å². The van der Waals surface area contributed by atoms with E-state index in [0.29, 0.717) is 24.2 Å². The first-order valence-corrected chi connectivity index (χ1v) is 8.92. The van der Waals surface area contributed by atoms with Gasteiger partial charge in [0.1, 0.15) is 0 Å².